The van der Waals surface area contributed by atoms with Gasteiger partial charge >= 0.3 is 0 Å². The summed E-state index contributed by atoms with van der Waals surface area (Å²) in [5, 5.41) is 9.70. The van der Waals surface area contributed by atoms with Gasteiger partial charge in [-0.15, -0.1) is 0 Å². The zero-order valence-corrected chi connectivity index (χ0v) is 9.03. The van der Waals surface area contributed by atoms with E-state index < -0.39 is 0 Å². The fourth-order valence-corrected chi connectivity index (χ4v) is 1.96. The molecule has 1 aliphatic heterocycles. The number of carbonyl (C=O) groups is 1. The van der Waals surface area contributed by atoms with Crippen LogP contribution in [0, 0.1) is 0 Å². The van der Waals surface area contributed by atoms with Crippen LogP contribution in [-0.4, -0.2) is 22.0 Å². The molecule has 0 radical (unpaired) electrons. The minimum absolute atomic E-state index is 0.142. The fraction of sp³-hybridized carbons (Fsp3) is 0.417. The lowest BCUT2D eigenvalue weighted by atomic mass is 9.97. The molecule has 0 atom stereocenters. The van der Waals surface area contributed by atoms with Crippen LogP contribution in [0.5, 0.6) is 5.75 Å². The van der Waals surface area contributed by atoms with Gasteiger partial charge in [-0.05, 0) is 25.5 Å². The van der Waals surface area contributed by atoms with Gasteiger partial charge in [0.15, 0.2) is 0 Å². The van der Waals surface area contributed by atoms with Crippen molar-refractivity contribution in [1.29, 1.82) is 0 Å². The largest absolute Gasteiger partial charge is 0.508 e. The van der Waals surface area contributed by atoms with Gasteiger partial charge < -0.3 is 10.0 Å². The number of carbonyl (C=O) groups excluding carboxylic acids is 1. The predicted molar refractivity (Wildman–Crippen MR) is 57.5 cm³/mol. The van der Waals surface area contributed by atoms with Gasteiger partial charge in [-0.3, -0.25) is 4.79 Å². The van der Waals surface area contributed by atoms with E-state index in [4.69, 9.17) is 0 Å². The number of hydrogen-bond donors (Lipinski definition) is 1. The van der Waals surface area contributed by atoms with Gasteiger partial charge in [-0.25, -0.2) is 0 Å². The van der Waals surface area contributed by atoms with Crippen LogP contribution < -0.4 is 0 Å². The number of hydrogen-bond acceptors (Lipinski definition) is 2. The molecule has 0 bridgehead atoms. The number of phenolic OH excluding ortho intramolecular Hbond substituents is 1. The molecule has 15 heavy (non-hydrogen) atoms. The third kappa shape index (κ3) is 1.69. The van der Waals surface area contributed by atoms with Crippen LogP contribution in [0.4, 0.5) is 0 Å². The summed E-state index contributed by atoms with van der Waals surface area (Å²) in [5.41, 5.74) is 1.85. The molecule has 0 aromatic heterocycles. The first-order valence-electron chi connectivity index (χ1n) is 5.19. The van der Waals surface area contributed by atoms with Crippen molar-refractivity contribution < 1.29 is 9.90 Å². The highest BCUT2D eigenvalue weighted by atomic mass is 16.3. The van der Waals surface area contributed by atoms with Crippen molar-refractivity contribution >= 4 is 5.91 Å². The molecule has 0 saturated heterocycles. The maximum absolute atomic E-state index is 11.8. The second-order valence-corrected chi connectivity index (χ2v) is 4.21. The highest BCUT2D eigenvalue weighted by Gasteiger charge is 2.26. The molecule has 0 spiro atoms. The SMILES string of the molecule is CC(C)N1Cc2c(O)cccc2CC1=O. The molecule has 0 unspecified atom stereocenters. The quantitative estimate of drug-likeness (QED) is 0.757. The van der Waals surface area contributed by atoms with E-state index in [2.05, 4.69) is 0 Å². The van der Waals surface area contributed by atoms with Crippen LogP contribution in [0.3, 0.4) is 0 Å². The summed E-state index contributed by atoms with van der Waals surface area (Å²) in [4.78, 5) is 13.5. The minimum atomic E-state index is 0.142. The predicted octanol–water partition coefficient (Wildman–Crippen LogP) is 1.69. The van der Waals surface area contributed by atoms with Crippen LogP contribution >= 0.6 is 0 Å². The Morgan fingerprint density at radius 1 is 1.40 bits per heavy atom. The standard InChI is InChI=1S/C12H15NO2/c1-8(2)13-7-10-9(6-12(13)15)4-3-5-11(10)14/h3-5,8,14H,6-7H2,1-2H3. The lowest BCUT2D eigenvalue weighted by molar-refractivity contribution is -0.133. The molecule has 0 fully saturated rings. The number of rotatable bonds is 1. The molecule has 80 valence electrons. The van der Waals surface area contributed by atoms with Gasteiger partial charge in [-0.1, -0.05) is 12.1 Å². The van der Waals surface area contributed by atoms with Gasteiger partial charge in [-0.2, -0.15) is 0 Å². The highest BCUT2D eigenvalue weighted by molar-refractivity contribution is 5.81. The monoisotopic (exact) mass is 205 g/mol. The summed E-state index contributed by atoms with van der Waals surface area (Å²) in [6.45, 7) is 4.50. The number of fused-ring (bicyclic) bond motifs is 1. The molecular formula is C12H15NO2. The third-order valence-corrected chi connectivity index (χ3v) is 2.86. The number of benzene rings is 1. The summed E-state index contributed by atoms with van der Waals surface area (Å²) in [6.07, 6.45) is 0.405. The second kappa shape index (κ2) is 3.57. The van der Waals surface area contributed by atoms with Gasteiger partial charge in [0.05, 0.1) is 6.42 Å². The molecule has 3 heteroatoms. The second-order valence-electron chi connectivity index (χ2n) is 4.21. The Bertz CT molecular complexity index is 399. The molecule has 1 N–H and O–H groups in total. The van der Waals surface area contributed by atoms with Gasteiger partial charge in [0.25, 0.3) is 0 Å². The Kier molecular flexibility index (Phi) is 2.39. The molecule has 3 nitrogen and oxygen atoms in total. The average molecular weight is 205 g/mol. The Morgan fingerprint density at radius 2 is 2.13 bits per heavy atom. The third-order valence-electron chi connectivity index (χ3n) is 2.86. The Labute approximate surface area is 89.3 Å². The first-order valence-corrected chi connectivity index (χ1v) is 5.19. The van der Waals surface area contributed by atoms with Crippen molar-refractivity contribution in [3.05, 3.63) is 29.3 Å². The molecular weight excluding hydrogens is 190 g/mol. The number of amides is 1. The number of nitrogens with zero attached hydrogens (tertiary/aromatic N) is 1. The van der Waals surface area contributed by atoms with Crippen LogP contribution in [0.25, 0.3) is 0 Å². The van der Waals surface area contributed by atoms with Crippen LogP contribution in [0.2, 0.25) is 0 Å². The first-order chi connectivity index (χ1) is 7.09. The van der Waals surface area contributed by atoms with Crippen molar-refractivity contribution in [3.63, 3.8) is 0 Å². The van der Waals surface area contributed by atoms with Crippen molar-refractivity contribution in [2.45, 2.75) is 32.9 Å². The van der Waals surface area contributed by atoms with E-state index in [9.17, 15) is 9.90 Å². The normalized spacial score (nSPS) is 15.7. The van der Waals surface area contributed by atoms with Crippen molar-refractivity contribution in [3.8, 4) is 5.75 Å². The Hall–Kier alpha value is -1.51. The van der Waals surface area contributed by atoms with E-state index >= 15 is 0 Å². The van der Waals surface area contributed by atoms with Gasteiger partial charge in [0.1, 0.15) is 5.75 Å². The molecule has 1 aromatic carbocycles. The summed E-state index contributed by atoms with van der Waals surface area (Å²) >= 11 is 0. The van der Waals surface area contributed by atoms with Crippen LogP contribution in [-0.2, 0) is 17.8 Å². The van der Waals surface area contributed by atoms with E-state index in [-0.39, 0.29) is 11.9 Å². The van der Waals surface area contributed by atoms with Crippen LogP contribution in [0.15, 0.2) is 18.2 Å². The molecule has 1 heterocycles. The summed E-state index contributed by atoms with van der Waals surface area (Å²) in [6, 6.07) is 5.55. The summed E-state index contributed by atoms with van der Waals surface area (Å²) in [7, 11) is 0. The lowest BCUT2D eigenvalue weighted by Crippen LogP contribution is -2.40. The molecule has 1 aliphatic rings. The van der Waals surface area contributed by atoms with Gasteiger partial charge in [0.2, 0.25) is 5.91 Å². The minimum Gasteiger partial charge on any atom is -0.508 e. The fourth-order valence-electron chi connectivity index (χ4n) is 1.96. The summed E-state index contributed by atoms with van der Waals surface area (Å²) < 4.78 is 0. The maximum atomic E-state index is 11.8. The van der Waals surface area contributed by atoms with E-state index in [0.29, 0.717) is 18.7 Å². The Balaban J connectivity index is 2.39. The van der Waals surface area contributed by atoms with E-state index in [0.717, 1.165) is 11.1 Å². The smallest absolute Gasteiger partial charge is 0.227 e. The molecule has 0 saturated carbocycles. The number of aromatic hydroxyl groups is 1. The molecule has 1 aromatic rings. The van der Waals surface area contributed by atoms with Gasteiger partial charge in [0, 0.05) is 18.2 Å². The molecule has 1 amide bonds. The van der Waals surface area contributed by atoms with E-state index in [1.807, 2.05) is 19.9 Å². The van der Waals surface area contributed by atoms with Crippen molar-refractivity contribution in [2.75, 3.05) is 0 Å². The summed E-state index contributed by atoms with van der Waals surface area (Å²) in [5.74, 6) is 0.439. The topological polar surface area (TPSA) is 40.5 Å². The zero-order valence-electron chi connectivity index (χ0n) is 9.03. The first kappa shape index (κ1) is 10.0. The van der Waals surface area contributed by atoms with Crippen LogP contribution in [0.1, 0.15) is 25.0 Å². The number of phenols is 1. The maximum Gasteiger partial charge on any atom is 0.227 e. The van der Waals surface area contributed by atoms with Crippen molar-refractivity contribution in [1.82, 2.24) is 4.90 Å². The highest BCUT2D eigenvalue weighted by Crippen LogP contribution is 2.28. The Morgan fingerprint density at radius 3 is 2.80 bits per heavy atom. The molecule has 2 rings (SSSR count). The molecule has 0 aliphatic carbocycles. The van der Waals surface area contributed by atoms with E-state index in [1.165, 1.54) is 0 Å². The van der Waals surface area contributed by atoms with Crippen molar-refractivity contribution in [2.24, 2.45) is 0 Å². The van der Waals surface area contributed by atoms with E-state index in [1.54, 1.807) is 17.0 Å². The lowest BCUT2D eigenvalue weighted by Gasteiger charge is -2.32. The zero-order chi connectivity index (χ0) is 11.0. The average Bonchev–Trinajstić information content (AvgIpc) is 2.16.